The summed E-state index contributed by atoms with van der Waals surface area (Å²) in [6.07, 6.45) is 3.16. The van der Waals surface area contributed by atoms with Crippen LogP contribution >= 0.6 is 0 Å². The molecule has 1 amide bonds. The highest BCUT2D eigenvalue weighted by Gasteiger charge is 2.09. The second-order valence-electron chi connectivity index (χ2n) is 4.05. The molecule has 0 saturated heterocycles. The lowest BCUT2D eigenvalue weighted by Gasteiger charge is -2.00. The molecule has 2 N–H and O–H groups in total. The first-order chi connectivity index (χ1) is 8.16. The van der Waals surface area contributed by atoms with E-state index in [1.807, 2.05) is 6.07 Å². The predicted molar refractivity (Wildman–Crippen MR) is 64.9 cm³/mol. The van der Waals surface area contributed by atoms with E-state index in [0.29, 0.717) is 17.3 Å². The summed E-state index contributed by atoms with van der Waals surface area (Å²) in [5.41, 5.74) is 1.56. The minimum absolute atomic E-state index is 0.186. The minimum atomic E-state index is -0.186. The zero-order valence-corrected chi connectivity index (χ0v) is 9.77. The quantitative estimate of drug-likeness (QED) is 0.849. The molecule has 0 unspecified atom stereocenters. The van der Waals surface area contributed by atoms with Crippen LogP contribution in [-0.4, -0.2) is 21.1 Å². The lowest BCUT2D eigenvalue weighted by atomic mass is 10.1. The summed E-state index contributed by atoms with van der Waals surface area (Å²) in [5, 5.41) is 9.64. The number of nitrogens with zero attached hydrogens (tertiary/aromatic N) is 2. The molecule has 0 atom stereocenters. The molecule has 2 rings (SSSR count). The molecule has 0 aliphatic rings. The number of hydrogen-bond donors (Lipinski definition) is 2. The summed E-state index contributed by atoms with van der Waals surface area (Å²) in [5.74, 6) is 0.707. The van der Waals surface area contributed by atoms with Crippen LogP contribution in [0.3, 0.4) is 0 Å². The summed E-state index contributed by atoms with van der Waals surface area (Å²) >= 11 is 0. The first-order valence-electron chi connectivity index (χ1n) is 5.43. The highest BCUT2D eigenvalue weighted by Crippen LogP contribution is 2.15. The van der Waals surface area contributed by atoms with Crippen molar-refractivity contribution in [2.45, 2.75) is 19.8 Å². The monoisotopic (exact) mass is 230 g/mol. The van der Waals surface area contributed by atoms with Crippen molar-refractivity contribution in [2.75, 3.05) is 5.32 Å². The van der Waals surface area contributed by atoms with E-state index in [1.54, 1.807) is 24.5 Å². The van der Waals surface area contributed by atoms with Crippen molar-refractivity contribution in [3.63, 3.8) is 0 Å². The van der Waals surface area contributed by atoms with Crippen molar-refractivity contribution in [2.24, 2.45) is 0 Å². The standard InChI is InChI=1S/C12H14N4O/c1-8(2)10-7-11(16-15-10)14-12(17)9-3-5-13-6-4-9/h3-8H,1-2H3,(H2,14,15,16,17). The van der Waals surface area contributed by atoms with Gasteiger partial charge in [0.1, 0.15) is 0 Å². The van der Waals surface area contributed by atoms with E-state index in [1.165, 1.54) is 0 Å². The molecule has 2 aromatic rings. The fourth-order valence-electron chi connectivity index (χ4n) is 1.39. The van der Waals surface area contributed by atoms with Gasteiger partial charge in [0.05, 0.1) is 0 Å². The second kappa shape index (κ2) is 4.78. The Bertz CT molecular complexity index is 504. The number of H-pyrrole nitrogens is 1. The smallest absolute Gasteiger partial charge is 0.256 e. The lowest BCUT2D eigenvalue weighted by molar-refractivity contribution is 0.102. The molecule has 5 heteroatoms. The van der Waals surface area contributed by atoms with Gasteiger partial charge in [0.15, 0.2) is 5.82 Å². The average molecular weight is 230 g/mol. The van der Waals surface area contributed by atoms with Gasteiger partial charge in [0, 0.05) is 29.7 Å². The SMILES string of the molecule is CC(C)c1cc(NC(=O)c2ccncc2)n[nH]1. The Labute approximate surface area is 99.3 Å². The van der Waals surface area contributed by atoms with Crippen LogP contribution in [0.15, 0.2) is 30.6 Å². The van der Waals surface area contributed by atoms with Gasteiger partial charge in [0.2, 0.25) is 0 Å². The van der Waals surface area contributed by atoms with E-state index >= 15 is 0 Å². The van der Waals surface area contributed by atoms with Gasteiger partial charge < -0.3 is 5.32 Å². The summed E-state index contributed by atoms with van der Waals surface area (Å²) < 4.78 is 0. The van der Waals surface area contributed by atoms with Crippen molar-refractivity contribution in [1.29, 1.82) is 0 Å². The fraction of sp³-hybridized carbons (Fsp3) is 0.250. The molecule has 2 heterocycles. The third-order valence-electron chi connectivity index (χ3n) is 2.40. The first-order valence-corrected chi connectivity index (χ1v) is 5.43. The number of anilines is 1. The Morgan fingerprint density at radius 1 is 1.35 bits per heavy atom. The third-order valence-corrected chi connectivity index (χ3v) is 2.40. The molecular weight excluding hydrogens is 216 g/mol. The number of aromatic amines is 1. The van der Waals surface area contributed by atoms with Gasteiger partial charge in [-0.25, -0.2) is 0 Å². The molecule has 0 bridgehead atoms. The maximum absolute atomic E-state index is 11.8. The third kappa shape index (κ3) is 2.69. The lowest BCUT2D eigenvalue weighted by Crippen LogP contribution is -2.11. The molecule has 17 heavy (non-hydrogen) atoms. The van der Waals surface area contributed by atoms with Crippen molar-refractivity contribution in [1.82, 2.24) is 15.2 Å². The molecule has 0 spiro atoms. The molecule has 2 aromatic heterocycles. The number of pyridine rings is 1. The number of nitrogens with one attached hydrogen (secondary N) is 2. The maximum Gasteiger partial charge on any atom is 0.256 e. The molecular formula is C12H14N4O. The van der Waals surface area contributed by atoms with Crippen LogP contribution in [0.2, 0.25) is 0 Å². The summed E-state index contributed by atoms with van der Waals surface area (Å²) in [6.45, 7) is 4.12. The molecule has 0 aliphatic heterocycles. The number of carbonyl (C=O) groups excluding carboxylic acids is 1. The second-order valence-corrected chi connectivity index (χ2v) is 4.05. The van der Waals surface area contributed by atoms with Gasteiger partial charge in [0.25, 0.3) is 5.91 Å². The molecule has 0 aromatic carbocycles. The average Bonchev–Trinajstić information content (AvgIpc) is 2.79. The fourth-order valence-corrected chi connectivity index (χ4v) is 1.39. The Morgan fingerprint density at radius 3 is 2.65 bits per heavy atom. The predicted octanol–water partition coefficient (Wildman–Crippen LogP) is 2.18. The molecule has 0 saturated carbocycles. The van der Waals surface area contributed by atoms with Crippen LogP contribution in [0.4, 0.5) is 5.82 Å². The van der Waals surface area contributed by atoms with E-state index in [0.717, 1.165) is 5.69 Å². The van der Waals surface area contributed by atoms with Crippen LogP contribution in [0, 0.1) is 0 Å². The van der Waals surface area contributed by atoms with Crippen molar-refractivity contribution < 1.29 is 4.79 Å². The highest BCUT2D eigenvalue weighted by molar-refractivity contribution is 6.03. The number of hydrogen-bond acceptors (Lipinski definition) is 3. The molecule has 5 nitrogen and oxygen atoms in total. The van der Waals surface area contributed by atoms with Gasteiger partial charge in [-0.15, -0.1) is 0 Å². The molecule has 88 valence electrons. The Morgan fingerprint density at radius 2 is 2.06 bits per heavy atom. The number of aromatic nitrogens is 3. The Balaban J connectivity index is 2.08. The van der Waals surface area contributed by atoms with Crippen LogP contribution in [0.25, 0.3) is 0 Å². The van der Waals surface area contributed by atoms with Crippen molar-refractivity contribution in [3.8, 4) is 0 Å². The Kier molecular flexibility index (Phi) is 3.18. The summed E-state index contributed by atoms with van der Waals surface area (Å²) in [4.78, 5) is 15.7. The first kappa shape index (κ1) is 11.3. The normalized spacial score (nSPS) is 10.5. The minimum Gasteiger partial charge on any atom is -0.305 e. The van der Waals surface area contributed by atoms with Gasteiger partial charge in [-0.3, -0.25) is 14.9 Å². The van der Waals surface area contributed by atoms with Gasteiger partial charge >= 0.3 is 0 Å². The zero-order chi connectivity index (χ0) is 12.3. The van der Waals surface area contributed by atoms with Gasteiger partial charge in [-0.05, 0) is 18.1 Å². The Hall–Kier alpha value is -2.17. The van der Waals surface area contributed by atoms with E-state index in [-0.39, 0.29) is 5.91 Å². The topological polar surface area (TPSA) is 70.7 Å². The van der Waals surface area contributed by atoms with E-state index in [2.05, 4.69) is 34.3 Å². The van der Waals surface area contributed by atoms with Crippen LogP contribution < -0.4 is 5.32 Å². The van der Waals surface area contributed by atoms with Crippen LogP contribution in [0.5, 0.6) is 0 Å². The summed E-state index contributed by atoms with van der Waals surface area (Å²) in [6, 6.07) is 5.15. The van der Waals surface area contributed by atoms with Crippen molar-refractivity contribution >= 4 is 11.7 Å². The van der Waals surface area contributed by atoms with E-state index in [9.17, 15) is 4.79 Å². The largest absolute Gasteiger partial charge is 0.305 e. The summed E-state index contributed by atoms with van der Waals surface area (Å²) in [7, 11) is 0. The number of amides is 1. The maximum atomic E-state index is 11.8. The molecule has 0 fully saturated rings. The molecule has 0 radical (unpaired) electrons. The van der Waals surface area contributed by atoms with Gasteiger partial charge in [-0.1, -0.05) is 13.8 Å². The highest BCUT2D eigenvalue weighted by atomic mass is 16.1. The van der Waals surface area contributed by atoms with Crippen LogP contribution in [0.1, 0.15) is 35.8 Å². The van der Waals surface area contributed by atoms with Crippen LogP contribution in [-0.2, 0) is 0 Å². The van der Waals surface area contributed by atoms with E-state index < -0.39 is 0 Å². The molecule has 0 aliphatic carbocycles. The van der Waals surface area contributed by atoms with Crippen molar-refractivity contribution in [3.05, 3.63) is 41.9 Å². The number of rotatable bonds is 3. The van der Waals surface area contributed by atoms with Gasteiger partial charge in [-0.2, -0.15) is 5.10 Å². The van der Waals surface area contributed by atoms with E-state index in [4.69, 9.17) is 0 Å². The zero-order valence-electron chi connectivity index (χ0n) is 9.77. The number of carbonyl (C=O) groups is 1.